The van der Waals surface area contributed by atoms with E-state index in [9.17, 15) is 18.0 Å². The molecule has 0 saturated carbocycles. The normalized spacial score (nSPS) is 11.6. The summed E-state index contributed by atoms with van der Waals surface area (Å²) in [6.07, 6.45) is -1.44. The van der Waals surface area contributed by atoms with Gasteiger partial charge >= 0.3 is 6.18 Å². The van der Waals surface area contributed by atoms with E-state index in [2.05, 4.69) is 15.4 Å². The maximum Gasteiger partial charge on any atom is 0.418 e. The Morgan fingerprint density at radius 1 is 1.18 bits per heavy atom. The molecule has 1 amide bonds. The predicted molar refractivity (Wildman–Crippen MR) is 72.4 cm³/mol. The third kappa shape index (κ3) is 2.62. The molecule has 0 bridgehead atoms. The molecule has 3 aromatic rings. The Kier molecular flexibility index (Phi) is 3.28. The Hall–Kier alpha value is -2.90. The number of para-hydroxylation sites is 1. The summed E-state index contributed by atoms with van der Waals surface area (Å²) >= 11 is 0. The van der Waals surface area contributed by atoms with Crippen LogP contribution in [0.1, 0.15) is 16.1 Å². The summed E-state index contributed by atoms with van der Waals surface area (Å²) in [4.78, 5) is 16.1. The highest BCUT2D eigenvalue weighted by Crippen LogP contribution is 2.34. The van der Waals surface area contributed by atoms with Crippen LogP contribution in [0, 0.1) is 0 Å². The fourth-order valence-corrected chi connectivity index (χ4v) is 1.97. The number of rotatable bonds is 2. The Bertz CT molecular complexity index is 808. The topological polar surface area (TPSA) is 59.3 Å². The van der Waals surface area contributed by atoms with E-state index >= 15 is 0 Å². The van der Waals surface area contributed by atoms with E-state index in [1.54, 1.807) is 12.3 Å². The monoisotopic (exact) mass is 306 g/mol. The van der Waals surface area contributed by atoms with Gasteiger partial charge in [-0.3, -0.25) is 4.79 Å². The molecule has 0 fully saturated rings. The minimum Gasteiger partial charge on any atom is -0.320 e. The van der Waals surface area contributed by atoms with Crippen LogP contribution in [0.2, 0.25) is 0 Å². The second kappa shape index (κ2) is 5.14. The Morgan fingerprint density at radius 3 is 2.68 bits per heavy atom. The third-order valence-electron chi connectivity index (χ3n) is 2.95. The van der Waals surface area contributed by atoms with Crippen LogP contribution in [0.25, 0.3) is 5.65 Å². The van der Waals surface area contributed by atoms with Crippen LogP contribution in [-0.4, -0.2) is 20.5 Å². The zero-order valence-electron chi connectivity index (χ0n) is 11.0. The number of hydrogen-bond donors (Lipinski definition) is 1. The van der Waals surface area contributed by atoms with E-state index < -0.39 is 17.6 Å². The molecule has 22 heavy (non-hydrogen) atoms. The van der Waals surface area contributed by atoms with Crippen molar-refractivity contribution in [2.45, 2.75) is 6.18 Å². The van der Waals surface area contributed by atoms with Crippen molar-refractivity contribution in [3.8, 4) is 0 Å². The number of fused-ring (bicyclic) bond motifs is 1. The first kappa shape index (κ1) is 14.1. The number of amides is 1. The lowest BCUT2D eigenvalue weighted by atomic mass is 10.1. The van der Waals surface area contributed by atoms with Gasteiger partial charge in [0.2, 0.25) is 0 Å². The number of carbonyl (C=O) groups excluding carboxylic acids is 1. The molecule has 0 spiro atoms. The molecule has 112 valence electrons. The average molecular weight is 306 g/mol. The number of hydrogen-bond acceptors (Lipinski definition) is 3. The minimum absolute atomic E-state index is 0.0179. The SMILES string of the molecule is O=C(Nc1ccccc1C(F)(F)F)c1cc2ncccn2n1. The van der Waals surface area contributed by atoms with Crippen molar-refractivity contribution in [1.29, 1.82) is 0 Å². The van der Waals surface area contributed by atoms with Gasteiger partial charge in [-0.15, -0.1) is 0 Å². The summed E-state index contributed by atoms with van der Waals surface area (Å²) in [5.74, 6) is -0.734. The molecule has 0 aliphatic carbocycles. The Balaban J connectivity index is 1.92. The molecular weight excluding hydrogens is 297 g/mol. The zero-order valence-corrected chi connectivity index (χ0v) is 11.0. The van der Waals surface area contributed by atoms with E-state index in [-0.39, 0.29) is 11.4 Å². The Morgan fingerprint density at radius 2 is 1.95 bits per heavy atom. The highest BCUT2D eigenvalue weighted by atomic mass is 19.4. The van der Waals surface area contributed by atoms with Crippen LogP contribution in [0.5, 0.6) is 0 Å². The summed E-state index contributed by atoms with van der Waals surface area (Å²) in [6, 6.07) is 7.78. The van der Waals surface area contributed by atoms with Gasteiger partial charge in [0, 0.05) is 18.5 Å². The molecule has 8 heteroatoms. The summed E-state index contributed by atoms with van der Waals surface area (Å²) < 4.78 is 40.0. The van der Waals surface area contributed by atoms with Crippen LogP contribution >= 0.6 is 0 Å². The molecule has 0 radical (unpaired) electrons. The molecule has 0 unspecified atom stereocenters. The van der Waals surface area contributed by atoms with Crippen molar-refractivity contribution < 1.29 is 18.0 Å². The molecule has 0 atom stereocenters. The largest absolute Gasteiger partial charge is 0.418 e. The van der Waals surface area contributed by atoms with Crippen LogP contribution in [0.3, 0.4) is 0 Å². The molecule has 2 heterocycles. The fraction of sp³-hybridized carbons (Fsp3) is 0.0714. The Labute approximate surface area is 122 Å². The highest BCUT2D eigenvalue weighted by molar-refractivity contribution is 6.03. The number of halogens is 3. The molecule has 1 aromatic carbocycles. The first-order valence-corrected chi connectivity index (χ1v) is 6.23. The van der Waals surface area contributed by atoms with E-state index in [4.69, 9.17) is 0 Å². The first-order chi connectivity index (χ1) is 10.4. The predicted octanol–water partition coefficient (Wildman–Crippen LogP) is 3.00. The van der Waals surface area contributed by atoms with Gasteiger partial charge in [-0.05, 0) is 18.2 Å². The highest BCUT2D eigenvalue weighted by Gasteiger charge is 2.33. The number of carbonyl (C=O) groups is 1. The van der Waals surface area contributed by atoms with Gasteiger partial charge in [0.25, 0.3) is 5.91 Å². The van der Waals surface area contributed by atoms with E-state index in [0.29, 0.717) is 5.65 Å². The first-order valence-electron chi connectivity index (χ1n) is 6.23. The van der Waals surface area contributed by atoms with Gasteiger partial charge in [0.05, 0.1) is 11.3 Å². The second-order valence-electron chi connectivity index (χ2n) is 4.45. The van der Waals surface area contributed by atoms with Gasteiger partial charge in [-0.2, -0.15) is 18.3 Å². The quantitative estimate of drug-likeness (QED) is 0.792. The smallest absolute Gasteiger partial charge is 0.320 e. The number of benzene rings is 1. The number of aromatic nitrogens is 3. The van der Waals surface area contributed by atoms with Crippen molar-refractivity contribution in [1.82, 2.24) is 14.6 Å². The fourth-order valence-electron chi connectivity index (χ4n) is 1.97. The van der Waals surface area contributed by atoms with Crippen LogP contribution in [0.15, 0.2) is 48.8 Å². The molecule has 0 aliphatic heterocycles. The van der Waals surface area contributed by atoms with Crippen LogP contribution < -0.4 is 5.32 Å². The second-order valence-corrected chi connectivity index (χ2v) is 4.45. The molecule has 3 rings (SSSR count). The van der Waals surface area contributed by atoms with Gasteiger partial charge in [0.15, 0.2) is 11.3 Å². The lowest BCUT2D eigenvalue weighted by Crippen LogP contribution is -2.17. The van der Waals surface area contributed by atoms with E-state index in [1.807, 2.05) is 0 Å². The van der Waals surface area contributed by atoms with Gasteiger partial charge < -0.3 is 5.32 Å². The van der Waals surface area contributed by atoms with Crippen molar-refractivity contribution in [2.75, 3.05) is 5.32 Å². The number of anilines is 1. The lowest BCUT2D eigenvalue weighted by Gasteiger charge is -2.12. The average Bonchev–Trinajstić information content (AvgIpc) is 2.90. The van der Waals surface area contributed by atoms with Gasteiger partial charge in [-0.1, -0.05) is 12.1 Å². The summed E-state index contributed by atoms with van der Waals surface area (Å²) in [6.45, 7) is 0. The van der Waals surface area contributed by atoms with Crippen molar-refractivity contribution in [3.63, 3.8) is 0 Å². The van der Waals surface area contributed by atoms with Gasteiger partial charge in [-0.25, -0.2) is 9.50 Å². The summed E-state index contributed by atoms with van der Waals surface area (Å²) in [5, 5.41) is 6.19. The number of alkyl halides is 3. The lowest BCUT2D eigenvalue weighted by molar-refractivity contribution is -0.136. The van der Waals surface area contributed by atoms with Crippen molar-refractivity contribution >= 4 is 17.2 Å². The van der Waals surface area contributed by atoms with Gasteiger partial charge in [0.1, 0.15) is 0 Å². The summed E-state index contributed by atoms with van der Waals surface area (Å²) in [7, 11) is 0. The summed E-state index contributed by atoms with van der Waals surface area (Å²) in [5.41, 5.74) is -0.817. The maximum absolute atomic E-state index is 12.9. The van der Waals surface area contributed by atoms with Crippen LogP contribution in [-0.2, 0) is 6.18 Å². The molecular formula is C14H9F3N4O. The molecule has 0 aliphatic rings. The minimum atomic E-state index is -4.55. The van der Waals surface area contributed by atoms with Crippen molar-refractivity contribution in [3.05, 3.63) is 60.0 Å². The molecule has 5 nitrogen and oxygen atoms in total. The number of nitrogens with zero attached hydrogens (tertiary/aromatic N) is 3. The standard InChI is InChI=1S/C14H9F3N4O/c15-14(16,17)9-4-1-2-5-10(9)19-13(22)11-8-12-18-6-3-7-21(12)20-11/h1-8H,(H,19,22). The number of nitrogens with one attached hydrogen (secondary N) is 1. The van der Waals surface area contributed by atoms with Crippen LogP contribution in [0.4, 0.5) is 18.9 Å². The maximum atomic E-state index is 12.9. The molecule has 2 aromatic heterocycles. The molecule has 1 N–H and O–H groups in total. The van der Waals surface area contributed by atoms with E-state index in [0.717, 1.165) is 6.07 Å². The third-order valence-corrected chi connectivity index (χ3v) is 2.95. The van der Waals surface area contributed by atoms with Crippen molar-refractivity contribution in [2.24, 2.45) is 0 Å². The van der Waals surface area contributed by atoms with E-state index in [1.165, 1.54) is 35.0 Å². The zero-order chi connectivity index (χ0) is 15.7. The molecule has 0 saturated heterocycles.